The Labute approximate surface area is 163 Å². The van der Waals surface area contributed by atoms with Gasteiger partial charge < -0.3 is 10.6 Å². The summed E-state index contributed by atoms with van der Waals surface area (Å²) in [6, 6.07) is 8.62. The van der Waals surface area contributed by atoms with Gasteiger partial charge in [0.15, 0.2) is 5.82 Å². The van der Waals surface area contributed by atoms with Crippen molar-refractivity contribution in [2.75, 3.05) is 10.6 Å². The van der Waals surface area contributed by atoms with E-state index in [0.717, 1.165) is 32.6 Å². The van der Waals surface area contributed by atoms with Crippen LogP contribution in [0.4, 0.5) is 21.6 Å². The number of carbonyl (C=O) groups excluding carboxylic acids is 1. The number of nitrogens with one attached hydrogen (secondary N) is 2. The molecule has 0 aliphatic heterocycles. The summed E-state index contributed by atoms with van der Waals surface area (Å²) in [5.74, 6) is 0.458. The minimum Gasteiger partial charge on any atom is -0.339 e. The van der Waals surface area contributed by atoms with Gasteiger partial charge in [-0.25, -0.2) is 4.39 Å². The molecule has 1 heterocycles. The standard InChI is InChI=1S/C21H24FN3OS/c1-12-8-15(9-13(2)19(12)24-18(26)11-21(3,4)5)23-20-16-7-6-14(22)10-17(16)27-25-20/h6-10H,11H2,1-5H3,(H,23,25)(H,24,26). The first-order valence-electron chi connectivity index (χ1n) is 8.85. The Morgan fingerprint density at radius 3 is 2.44 bits per heavy atom. The van der Waals surface area contributed by atoms with Crippen molar-refractivity contribution in [2.24, 2.45) is 5.41 Å². The van der Waals surface area contributed by atoms with Crippen molar-refractivity contribution in [1.29, 1.82) is 0 Å². The first-order chi connectivity index (χ1) is 12.6. The quantitative estimate of drug-likeness (QED) is 0.564. The molecule has 0 aliphatic carbocycles. The van der Waals surface area contributed by atoms with Crippen molar-refractivity contribution >= 4 is 44.7 Å². The third-order valence-corrected chi connectivity index (χ3v) is 4.99. The second-order valence-electron chi connectivity index (χ2n) is 8.07. The number of hydrogen-bond acceptors (Lipinski definition) is 4. The maximum absolute atomic E-state index is 13.4. The van der Waals surface area contributed by atoms with Gasteiger partial charge in [-0.3, -0.25) is 4.79 Å². The molecule has 1 aromatic heterocycles. The molecule has 0 atom stereocenters. The van der Waals surface area contributed by atoms with Gasteiger partial charge in [0, 0.05) is 23.2 Å². The van der Waals surface area contributed by atoms with E-state index in [1.165, 1.54) is 23.7 Å². The molecular weight excluding hydrogens is 361 g/mol. The van der Waals surface area contributed by atoms with Crippen molar-refractivity contribution < 1.29 is 9.18 Å². The first kappa shape index (κ1) is 19.3. The topological polar surface area (TPSA) is 54.0 Å². The molecule has 0 unspecified atom stereocenters. The summed E-state index contributed by atoms with van der Waals surface area (Å²) < 4.78 is 18.6. The van der Waals surface area contributed by atoms with Crippen molar-refractivity contribution in [3.8, 4) is 0 Å². The Kier molecular flexibility index (Phi) is 5.20. The maximum Gasteiger partial charge on any atom is 0.224 e. The van der Waals surface area contributed by atoms with Crippen LogP contribution in [0.15, 0.2) is 30.3 Å². The molecule has 0 bridgehead atoms. The van der Waals surface area contributed by atoms with Gasteiger partial charge in [0.25, 0.3) is 0 Å². The zero-order chi connectivity index (χ0) is 19.8. The van der Waals surface area contributed by atoms with Gasteiger partial charge in [0.2, 0.25) is 5.91 Å². The lowest BCUT2D eigenvalue weighted by molar-refractivity contribution is -0.117. The minimum absolute atomic E-state index is 0.0157. The molecule has 0 radical (unpaired) electrons. The number of fused-ring (bicyclic) bond motifs is 1. The Morgan fingerprint density at radius 2 is 1.81 bits per heavy atom. The van der Waals surface area contributed by atoms with E-state index in [2.05, 4.69) is 15.0 Å². The second-order valence-corrected chi connectivity index (χ2v) is 8.87. The van der Waals surface area contributed by atoms with Crippen LogP contribution < -0.4 is 10.6 Å². The predicted octanol–water partition coefficient (Wildman–Crippen LogP) is 6.17. The molecule has 142 valence electrons. The summed E-state index contributed by atoms with van der Waals surface area (Å²) in [4.78, 5) is 12.3. The van der Waals surface area contributed by atoms with Crippen LogP contribution in [0.1, 0.15) is 38.3 Å². The number of rotatable bonds is 4. The van der Waals surface area contributed by atoms with E-state index in [9.17, 15) is 9.18 Å². The molecule has 1 amide bonds. The fourth-order valence-electron chi connectivity index (χ4n) is 3.04. The molecule has 0 fully saturated rings. The molecule has 4 nitrogen and oxygen atoms in total. The van der Waals surface area contributed by atoms with Crippen LogP contribution in [-0.4, -0.2) is 10.3 Å². The average Bonchev–Trinajstić information content (AvgIpc) is 2.91. The highest BCUT2D eigenvalue weighted by atomic mass is 32.1. The Bertz CT molecular complexity index is 981. The minimum atomic E-state index is -0.264. The Morgan fingerprint density at radius 1 is 1.15 bits per heavy atom. The van der Waals surface area contributed by atoms with Gasteiger partial charge in [0.05, 0.1) is 4.70 Å². The number of amides is 1. The molecule has 2 aromatic carbocycles. The number of halogens is 1. The highest BCUT2D eigenvalue weighted by Crippen LogP contribution is 2.32. The number of hydrogen-bond donors (Lipinski definition) is 2. The van der Waals surface area contributed by atoms with Gasteiger partial charge in [0.1, 0.15) is 5.82 Å². The normalized spacial score (nSPS) is 11.6. The van der Waals surface area contributed by atoms with Gasteiger partial charge >= 0.3 is 0 Å². The Hall–Kier alpha value is -2.47. The van der Waals surface area contributed by atoms with Gasteiger partial charge in [-0.15, -0.1) is 0 Å². The fraction of sp³-hybridized carbons (Fsp3) is 0.333. The van der Waals surface area contributed by atoms with E-state index in [-0.39, 0.29) is 17.1 Å². The molecule has 0 saturated heterocycles. The smallest absolute Gasteiger partial charge is 0.224 e. The lowest BCUT2D eigenvalue weighted by Gasteiger charge is -2.19. The average molecular weight is 386 g/mol. The summed E-state index contributed by atoms with van der Waals surface area (Å²) in [5, 5.41) is 7.23. The molecule has 27 heavy (non-hydrogen) atoms. The molecule has 0 aliphatic rings. The lowest BCUT2D eigenvalue weighted by atomic mass is 9.92. The maximum atomic E-state index is 13.4. The van der Waals surface area contributed by atoms with E-state index < -0.39 is 0 Å². The van der Waals surface area contributed by atoms with E-state index in [0.29, 0.717) is 12.2 Å². The highest BCUT2D eigenvalue weighted by Gasteiger charge is 2.17. The van der Waals surface area contributed by atoms with Gasteiger partial charge in [-0.05, 0) is 72.3 Å². The SMILES string of the molecule is Cc1cc(Nc2nsc3cc(F)ccc23)cc(C)c1NC(=O)CC(C)(C)C. The highest BCUT2D eigenvalue weighted by molar-refractivity contribution is 7.13. The van der Waals surface area contributed by atoms with Crippen molar-refractivity contribution in [1.82, 2.24) is 4.37 Å². The molecular formula is C21H24FN3OS. The number of anilines is 3. The van der Waals surface area contributed by atoms with Crippen molar-refractivity contribution in [3.05, 3.63) is 47.3 Å². The third-order valence-electron chi connectivity index (χ3n) is 4.18. The van der Waals surface area contributed by atoms with Gasteiger partial charge in [-0.1, -0.05) is 20.8 Å². The molecule has 3 rings (SSSR count). The summed E-state index contributed by atoms with van der Waals surface area (Å²) >= 11 is 1.26. The van der Waals surface area contributed by atoms with E-state index in [1.807, 2.05) is 46.8 Å². The summed E-state index contributed by atoms with van der Waals surface area (Å²) in [5.41, 5.74) is 3.63. The van der Waals surface area contributed by atoms with E-state index in [1.54, 1.807) is 6.07 Å². The number of carbonyl (C=O) groups is 1. The molecule has 0 spiro atoms. The zero-order valence-electron chi connectivity index (χ0n) is 16.2. The van der Waals surface area contributed by atoms with E-state index >= 15 is 0 Å². The van der Waals surface area contributed by atoms with Gasteiger partial charge in [-0.2, -0.15) is 4.37 Å². The Balaban J connectivity index is 1.83. The largest absolute Gasteiger partial charge is 0.339 e. The fourth-order valence-corrected chi connectivity index (χ4v) is 3.80. The lowest BCUT2D eigenvalue weighted by Crippen LogP contribution is -2.20. The van der Waals surface area contributed by atoms with Crippen LogP contribution >= 0.6 is 11.5 Å². The number of nitrogens with zero attached hydrogens (tertiary/aromatic N) is 1. The summed E-state index contributed by atoms with van der Waals surface area (Å²) in [6.45, 7) is 10.1. The van der Waals surface area contributed by atoms with Crippen LogP contribution in [0.3, 0.4) is 0 Å². The number of aromatic nitrogens is 1. The molecule has 2 N–H and O–H groups in total. The van der Waals surface area contributed by atoms with Crippen LogP contribution in [-0.2, 0) is 4.79 Å². The molecule has 6 heteroatoms. The third kappa shape index (κ3) is 4.63. The summed E-state index contributed by atoms with van der Waals surface area (Å²) in [6.07, 6.45) is 0.466. The van der Waals surface area contributed by atoms with Crippen LogP contribution in [0.2, 0.25) is 0 Å². The molecule has 3 aromatic rings. The predicted molar refractivity (Wildman–Crippen MR) is 111 cm³/mol. The van der Waals surface area contributed by atoms with Crippen molar-refractivity contribution in [3.63, 3.8) is 0 Å². The van der Waals surface area contributed by atoms with Crippen LogP contribution in [0.25, 0.3) is 10.1 Å². The summed E-state index contributed by atoms with van der Waals surface area (Å²) in [7, 11) is 0. The first-order valence-corrected chi connectivity index (χ1v) is 9.63. The molecule has 0 saturated carbocycles. The second kappa shape index (κ2) is 7.27. The van der Waals surface area contributed by atoms with Crippen LogP contribution in [0.5, 0.6) is 0 Å². The van der Waals surface area contributed by atoms with Crippen LogP contribution in [0, 0.1) is 25.1 Å². The monoisotopic (exact) mass is 385 g/mol. The van der Waals surface area contributed by atoms with E-state index in [4.69, 9.17) is 0 Å². The van der Waals surface area contributed by atoms with Crippen molar-refractivity contribution in [2.45, 2.75) is 41.0 Å². The number of benzene rings is 2. The number of aryl methyl sites for hydroxylation is 2. The zero-order valence-corrected chi connectivity index (χ0v) is 17.1.